The van der Waals surface area contributed by atoms with Crippen molar-refractivity contribution < 1.29 is 35.9 Å². The van der Waals surface area contributed by atoms with Gasteiger partial charge in [0.2, 0.25) is 11.8 Å². The molecule has 1 unspecified atom stereocenters. The maximum atomic E-state index is 14.0. The minimum atomic E-state index is -5.16. The van der Waals surface area contributed by atoms with Gasteiger partial charge in [-0.2, -0.15) is 26.3 Å². The lowest BCUT2D eigenvalue weighted by Gasteiger charge is -2.31. The molecule has 0 saturated carbocycles. The van der Waals surface area contributed by atoms with Gasteiger partial charge in [-0.15, -0.1) is 0 Å². The summed E-state index contributed by atoms with van der Waals surface area (Å²) in [5.41, 5.74) is 0.00614. The topological polar surface area (TPSA) is 82.5 Å². The van der Waals surface area contributed by atoms with E-state index in [1.165, 1.54) is 11.3 Å². The average Bonchev–Trinajstić information content (AvgIpc) is 3.77. The van der Waals surface area contributed by atoms with Crippen LogP contribution >= 0.6 is 11.3 Å². The lowest BCUT2D eigenvalue weighted by atomic mass is 10.0. The number of aromatic amines is 1. The van der Waals surface area contributed by atoms with Gasteiger partial charge in [-0.3, -0.25) is 18.9 Å². The summed E-state index contributed by atoms with van der Waals surface area (Å²) in [4.78, 5) is 36.4. The van der Waals surface area contributed by atoms with Crippen LogP contribution in [0.5, 0.6) is 0 Å². The monoisotopic (exact) mass is 705 g/mol. The second-order valence-electron chi connectivity index (χ2n) is 11.6. The fourth-order valence-corrected chi connectivity index (χ4v) is 7.01. The van der Waals surface area contributed by atoms with Crippen LogP contribution in [0.2, 0.25) is 0 Å². The number of imidazole rings is 1. The molecule has 3 aromatic heterocycles. The van der Waals surface area contributed by atoms with Gasteiger partial charge >= 0.3 is 12.4 Å². The Hall–Kier alpha value is -5.63. The second-order valence-corrected chi connectivity index (χ2v) is 12.7. The molecule has 0 aliphatic rings. The first kappa shape index (κ1) is 32.9. The fourth-order valence-electron chi connectivity index (χ4n) is 6.01. The van der Waals surface area contributed by atoms with Crippen molar-refractivity contribution in [3.05, 3.63) is 120 Å². The molecule has 0 aliphatic heterocycles. The number of anilines is 2. The van der Waals surface area contributed by atoms with Crippen LogP contribution in [0.15, 0.2) is 103 Å². The number of carbonyl (C=O) groups excluding carboxylic acids is 2. The van der Waals surface area contributed by atoms with Gasteiger partial charge in [0.05, 0.1) is 27.0 Å². The number of nitrogens with zero attached hydrogens (tertiary/aromatic N) is 3. The molecule has 2 amide bonds. The predicted octanol–water partition coefficient (Wildman–Crippen LogP) is 9.34. The zero-order chi connectivity index (χ0) is 35.4. The zero-order valence-electron chi connectivity index (χ0n) is 25.9. The number of benzene rings is 4. The first-order valence-electron chi connectivity index (χ1n) is 15.2. The van der Waals surface area contributed by atoms with Gasteiger partial charge in [0.1, 0.15) is 6.04 Å². The highest BCUT2D eigenvalue weighted by Gasteiger charge is 2.39. The number of aromatic nitrogens is 3. The van der Waals surface area contributed by atoms with E-state index in [9.17, 15) is 35.9 Å². The molecule has 50 heavy (non-hydrogen) atoms. The lowest BCUT2D eigenvalue weighted by molar-refractivity contribution is -0.143. The smallest absolute Gasteiger partial charge is 0.361 e. The van der Waals surface area contributed by atoms with E-state index < -0.39 is 47.0 Å². The number of alkyl halides is 6. The number of amides is 2. The minimum Gasteiger partial charge on any atom is -0.361 e. The molecule has 0 radical (unpaired) electrons. The third-order valence-corrected chi connectivity index (χ3v) is 9.38. The standard InChI is InChI=1S/C36H25F6N5O2S/c1-20(48)47(26-16-23(35(37,38)39)15-24(17-26)36(40,41)42)31(14-22-18-43-28-7-3-2-6-27(22)28)33(49)44-25-12-10-21(11-13-25)29-19-46-30-8-4-5-9-32(30)50-34(46)45-29/h2-13,15-19,31,43H,14H2,1H3,(H,44,49). The Labute approximate surface area is 283 Å². The molecule has 1 atom stereocenters. The largest absolute Gasteiger partial charge is 0.416 e. The van der Waals surface area contributed by atoms with E-state index in [4.69, 9.17) is 4.98 Å². The van der Waals surface area contributed by atoms with Crippen molar-refractivity contribution in [1.29, 1.82) is 0 Å². The molecule has 7 nitrogen and oxygen atoms in total. The molecule has 254 valence electrons. The van der Waals surface area contributed by atoms with Gasteiger partial charge < -0.3 is 10.3 Å². The number of hydrogen-bond acceptors (Lipinski definition) is 4. The van der Waals surface area contributed by atoms with Crippen LogP contribution in [0.25, 0.3) is 37.3 Å². The van der Waals surface area contributed by atoms with E-state index in [1.807, 2.05) is 34.9 Å². The summed E-state index contributed by atoms with van der Waals surface area (Å²) in [6, 6.07) is 20.9. The van der Waals surface area contributed by atoms with Crippen molar-refractivity contribution in [2.45, 2.75) is 31.7 Å². The number of carbonyl (C=O) groups is 2. The Morgan fingerprint density at radius 3 is 2.24 bits per heavy atom. The third-order valence-electron chi connectivity index (χ3n) is 8.34. The summed E-state index contributed by atoms with van der Waals surface area (Å²) in [6.07, 6.45) is -7.07. The molecule has 7 rings (SSSR count). The summed E-state index contributed by atoms with van der Waals surface area (Å²) in [6.45, 7) is 0.983. The van der Waals surface area contributed by atoms with E-state index in [1.54, 1.807) is 54.7 Å². The summed E-state index contributed by atoms with van der Waals surface area (Å²) >= 11 is 1.54. The van der Waals surface area contributed by atoms with Gasteiger partial charge in [-0.05, 0) is 54.1 Å². The van der Waals surface area contributed by atoms with E-state index in [0.717, 1.165) is 27.7 Å². The van der Waals surface area contributed by atoms with Gasteiger partial charge in [0, 0.05) is 53.6 Å². The maximum Gasteiger partial charge on any atom is 0.416 e. The third kappa shape index (κ3) is 6.29. The number of H-pyrrole nitrogens is 1. The van der Waals surface area contributed by atoms with Crippen molar-refractivity contribution in [2.24, 2.45) is 0 Å². The van der Waals surface area contributed by atoms with E-state index in [-0.39, 0.29) is 18.2 Å². The summed E-state index contributed by atoms with van der Waals surface area (Å²) in [5.74, 6) is -1.75. The number of para-hydroxylation sites is 2. The van der Waals surface area contributed by atoms with E-state index in [0.29, 0.717) is 39.2 Å². The van der Waals surface area contributed by atoms with E-state index in [2.05, 4.69) is 10.3 Å². The molecule has 2 N–H and O–H groups in total. The quantitative estimate of drug-likeness (QED) is 0.162. The van der Waals surface area contributed by atoms with Crippen LogP contribution < -0.4 is 10.2 Å². The van der Waals surface area contributed by atoms with Gasteiger partial charge in [0.15, 0.2) is 4.96 Å². The Bertz CT molecular complexity index is 2360. The molecular formula is C36H25F6N5O2S. The van der Waals surface area contributed by atoms with Crippen LogP contribution in [0.3, 0.4) is 0 Å². The summed E-state index contributed by atoms with van der Waals surface area (Å²) < 4.78 is 86.1. The molecule has 0 bridgehead atoms. The molecular weight excluding hydrogens is 680 g/mol. The zero-order valence-corrected chi connectivity index (χ0v) is 26.8. The van der Waals surface area contributed by atoms with Crippen LogP contribution in [-0.4, -0.2) is 32.2 Å². The van der Waals surface area contributed by atoms with Crippen molar-refractivity contribution in [2.75, 3.05) is 10.2 Å². The molecule has 4 aromatic carbocycles. The number of fused-ring (bicyclic) bond motifs is 4. The molecule has 3 heterocycles. The number of hydrogen-bond donors (Lipinski definition) is 2. The molecule has 0 saturated heterocycles. The van der Waals surface area contributed by atoms with Crippen LogP contribution in [-0.2, 0) is 28.4 Å². The molecule has 0 fully saturated rings. The van der Waals surface area contributed by atoms with Crippen molar-refractivity contribution in [3.8, 4) is 11.3 Å². The van der Waals surface area contributed by atoms with Crippen molar-refractivity contribution in [3.63, 3.8) is 0 Å². The SMILES string of the molecule is CC(=O)N(c1cc(C(F)(F)F)cc(C(F)(F)F)c1)C(Cc1c[nH]c2ccccc12)C(=O)Nc1ccc(-c2cn3c(n2)sc2ccccc23)cc1. The summed E-state index contributed by atoms with van der Waals surface area (Å²) in [7, 11) is 0. The van der Waals surface area contributed by atoms with Crippen molar-refractivity contribution in [1.82, 2.24) is 14.4 Å². The maximum absolute atomic E-state index is 14.0. The van der Waals surface area contributed by atoms with Gasteiger partial charge in [-0.1, -0.05) is 53.8 Å². The highest BCUT2D eigenvalue weighted by molar-refractivity contribution is 7.23. The number of nitrogens with one attached hydrogen (secondary N) is 2. The first-order chi connectivity index (χ1) is 23.8. The molecule has 14 heteroatoms. The number of thiazole rings is 1. The number of rotatable bonds is 7. The molecule has 7 aromatic rings. The second kappa shape index (κ2) is 12.4. The van der Waals surface area contributed by atoms with E-state index >= 15 is 0 Å². The first-order valence-corrected chi connectivity index (χ1v) is 16.0. The Morgan fingerprint density at radius 2 is 1.56 bits per heavy atom. The Kier molecular flexibility index (Phi) is 8.13. The van der Waals surface area contributed by atoms with Gasteiger partial charge in [0.25, 0.3) is 0 Å². The fraction of sp³-hybridized carbons (Fsp3) is 0.139. The normalized spacial score (nSPS) is 12.9. The van der Waals surface area contributed by atoms with Crippen LogP contribution in [0.4, 0.5) is 37.7 Å². The predicted molar refractivity (Wildman–Crippen MR) is 180 cm³/mol. The average molecular weight is 706 g/mol. The minimum absolute atomic E-state index is 0.0235. The highest BCUT2D eigenvalue weighted by Crippen LogP contribution is 2.39. The van der Waals surface area contributed by atoms with Crippen LogP contribution in [0, 0.1) is 0 Å². The summed E-state index contributed by atoms with van der Waals surface area (Å²) in [5, 5.41) is 3.38. The van der Waals surface area contributed by atoms with Crippen molar-refractivity contribution >= 4 is 60.6 Å². The Morgan fingerprint density at radius 1 is 0.900 bits per heavy atom. The molecule has 0 spiro atoms. The highest BCUT2D eigenvalue weighted by atomic mass is 32.1. The van der Waals surface area contributed by atoms with Gasteiger partial charge in [-0.25, -0.2) is 4.98 Å². The lowest BCUT2D eigenvalue weighted by Crippen LogP contribution is -2.48. The number of halogens is 6. The van der Waals surface area contributed by atoms with Crippen LogP contribution in [0.1, 0.15) is 23.6 Å². The molecule has 0 aliphatic carbocycles. The Balaban J connectivity index is 1.24.